The number of rotatable bonds is 2. The first-order valence-electron chi connectivity index (χ1n) is 7.82. The molecule has 8 nitrogen and oxygen atoms in total. The van der Waals surface area contributed by atoms with Crippen LogP contribution in [0.2, 0.25) is 0 Å². The summed E-state index contributed by atoms with van der Waals surface area (Å²) in [6.45, 7) is 3.07. The van der Waals surface area contributed by atoms with Crippen molar-refractivity contribution in [2.24, 2.45) is 0 Å². The van der Waals surface area contributed by atoms with Gasteiger partial charge in [-0.05, 0) is 19.8 Å². The SMILES string of the molecule is Cc1cc(N2CCC(n3cncn3)CC2)n2nc(C(F)(F)F)nc2n1. The van der Waals surface area contributed by atoms with Crippen molar-refractivity contribution in [2.45, 2.75) is 32.0 Å². The number of fused-ring (bicyclic) bond motifs is 1. The van der Waals surface area contributed by atoms with Gasteiger partial charge in [0.05, 0.1) is 6.04 Å². The highest BCUT2D eigenvalue weighted by atomic mass is 19.4. The summed E-state index contributed by atoms with van der Waals surface area (Å²) in [5.74, 6) is -0.646. The summed E-state index contributed by atoms with van der Waals surface area (Å²) in [5, 5.41) is 7.77. The zero-order valence-electron chi connectivity index (χ0n) is 13.3. The summed E-state index contributed by atoms with van der Waals surface area (Å²) in [5.41, 5.74) is 0.599. The van der Waals surface area contributed by atoms with E-state index in [0.29, 0.717) is 24.6 Å². The summed E-state index contributed by atoms with van der Waals surface area (Å²) < 4.78 is 41.7. The lowest BCUT2D eigenvalue weighted by Crippen LogP contribution is -2.36. The van der Waals surface area contributed by atoms with Crippen LogP contribution in [-0.4, -0.2) is 47.4 Å². The van der Waals surface area contributed by atoms with E-state index in [4.69, 9.17) is 0 Å². The third kappa shape index (κ3) is 2.89. The zero-order chi connectivity index (χ0) is 17.6. The van der Waals surface area contributed by atoms with Crippen LogP contribution in [0.5, 0.6) is 0 Å². The van der Waals surface area contributed by atoms with Crippen LogP contribution in [-0.2, 0) is 6.18 Å². The van der Waals surface area contributed by atoms with E-state index in [0.717, 1.165) is 12.8 Å². The number of aromatic nitrogens is 7. The Morgan fingerprint density at radius 2 is 1.92 bits per heavy atom. The number of hydrogen-bond donors (Lipinski definition) is 0. The van der Waals surface area contributed by atoms with Gasteiger partial charge < -0.3 is 4.90 Å². The maximum Gasteiger partial charge on any atom is 0.453 e. The molecule has 0 aromatic carbocycles. The minimum atomic E-state index is -4.60. The first kappa shape index (κ1) is 15.8. The Balaban J connectivity index is 1.64. The van der Waals surface area contributed by atoms with E-state index in [1.165, 1.54) is 10.8 Å². The molecule has 0 bridgehead atoms. The van der Waals surface area contributed by atoms with Crippen molar-refractivity contribution in [3.8, 4) is 0 Å². The molecule has 1 aliphatic rings. The lowest BCUT2D eigenvalue weighted by molar-refractivity contribution is -0.144. The Labute approximate surface area is 140 Å². The van der Waals surface area contributed by atoms with E-state index in [1.807, 2.05) is 9.58 Å². The lowest BCUT2D eigenvalue weighted by Gasteiger charge is -2.33. The third-order valence-corrected chi connectivity index (χ3v) is 4.27. The summed E-state index contributed by atoms with van der Waals surface area (Å²) in [7, 11) is 0. The maximum absolute atomic E-state index is 12.9. The van der Waals surface area contributed by atoms with Gasteiger partial charge in [0.1, 0.15) is 18.5 Å². The zero-order valence-corrected chi connectivity index (χ0v) is 13.3. The van der Waals surface area contributed by atoms with Crippen LogP contribution in [0.15, 0.2) is 18.7 Å². The normalized spacial score (nSPS) is 16.7. The van der Waals surface area contributed by atoms with Gasteiger partial charge >= 0.3 is 6.18 Å². The van der Waals surface area contributed by atoms with E-state index in [2.05, 4.69) is 25.1 Å². The molecular weight excluding hydrogens is 337 g/mol. The van der Waals surface area contributed by atoms with Crippen molar-refractivity contribution in [3.05, 3.63) is 30.2 Å². The second kappa shape index (κ2) is 5.67. The first-order valence-corrected chi connectivity index (χ1v) is 7.82. The Hall–Kier alpha value is -2.72. The molecule has 132 valence electrons. The number of hydrogen-bond acceptors (Lipinski definition) is 6. The highest BCUT2D eigenvalue weighted by Crippen LogP contribution is 2.29. The number of piperidine rings is 1. The molecule has 0 saturated carbocycles. The molecule has 3 aromatic rings. The van der Waals surface area contributed by atoms with Crippen molar-refractivity contribution in [3.63, 3.8) is 0 Å². The molecule has 4 rings (SSSR count). The Bertz CT molecular complexity index is 877. The number of aryl methyl sites for hydroxylation is 1. The molecule has 0 N–H and O–H groups in total. The van der Waals surface area contributed by atoms with Gasteiger partial charge in [-0.2, -0.15) is 27.8 Å². The van der Waals surface area contributed by atoms with Gasteiger partial charge in [0.25, 0.3) is 11.6 Å². The summed E-state index contributed by atoms with van der Waals surface area (Å²) in [4.78, 5) is 13.5. The summed E-state index contributed by atoms with van der Waals surface area (Å²) >= 11 is 0. The molecule has 25 heavy (non-hydrogen) atoms. The van der Waals surface area contributed by atoms with Gasteiger partial charge in [0.15, 0.2) is 0 Å². The van der Waals surface area contributed by atoms with Gasteiger partial charge in [-0.15, -0.1) is 5.10 Å². The highest BCUT2D eigenvalue weighted by Gasteiger charge is 2.37. The molecular formula is C14H15F3N8. The molecule has 0 radical (unpaired) electrons. The van der Waals surface area contributed by atoms with Crippen LogP contribution in [0.3, 0.4) is 0 Å². The molecule has 1 aliphatic heterocycles. The summed E-state index contributed by atoms with van der Waals surface area (Å²) in [6.07, 6.45) is 0.206. The Morgan fingerprint density at radius 1 is 1.16 bits per heavy atom. The fourth-order valence-electron chi connectivity index (χ4n) is 3.08. The number of halogens is 3. The van der Waals surface area contributed by atoms with Crippen LogP contribution in [0, 0.1) is 6.92 Å². The molecule has 1 saturated heterocycles. The van der Waals surface area contributed by atoms with Crippen molar-refractivity contribution in [2.75, 3.05) is 18.0 Å². The average Bonchev–Trinajstić information content (AvgIpc) is 3.23. The molecule has 1 fully saturated rings. The van der Waals surface area contributed by atoms with Crippen LogP contribution in [0.4, 0.5) is 19.0 Å². The highest BCUT2D eigenvalue weighted by molar-refractivity contribution is 5.48. The molecule has 0 aliphatic carbocycles. The minimum Gasteiger partial charge on any atom is -0.356 e. The van der Waals surface area contributed by atoms with Crippen LogP contribution in [0.25, 0.3) is 5.78 Å². The minimum absolute atomic E-state index is 0.0410. The quantitative estimate of drug-likeness (QED) is 0.701. The second-order valence-corrected chi connectivity index (χ2v) is 5.99. The van der Waals surface area contributed by atoms with Gasteiger partial charge in [-0.1, -0.05) is 0 Å². The Morgan fingerprint density at radius 3 is 2.56 bits per heavy atom. The van der Waals surface area contributed by atoms with E-state index in [-0.39, 0.29) is 11.8 Å². The topological polar surface area (TPSA) is 77.0 Å². The molecule has 0 amide bonds. The van der Waals surface area contributed by atoms with E-state index in [9.17, 15) is 13.2 Å². The monoisotopic (exact) mass is 352 g/mol. The molecule has 11 heteroatoms. The van der Waals surface area contributed by atoms with Gasteiger partial charge in [-0.25, -0.2) is 14.6 Å². The van der Waals surface area contributed by atoms with Gasteiger partial charge in [0, 0.05) is 24.8 Å². The van der Waals surface area contributed by atoms with Gasteiger partial charge in [-0.3, -0.25) is 0 Å². The molecule has 0 spiro atoms. The van der Waals surface area contributed by atoms with Gasteiger partial charge in [0.2, 0.25) is 0 Å². The Kier molecular flexibility index (Phi) is 3.58. The predicted octanol–water partition coefficient (Wildman–Crippen LogP) is 1.88. The smallest absolute Gasteiger partial charge is 0.356 e. The summed E-state index contributed by atoms with van der Waals surface area (Å²) in [6, 6.07) is 1.97. The van der Waals surface area contributed by atoms with Crippen LogP contribution < -0.4 is 4.90 Å². The molecule has 0 unspecified atom stereocenters. The van der Waals surface area contributed by atoms with E-state index in [1.54, 1.807) is 19.3 Å². The van der Waals surface area contributed by atoms with Crippen LogP contribution in [0.1, 0.15) is 30.4 Å². The molecule has 4 heterocycles. The third-order valence-electron chi connectivity index (χ3n) is 4.27. The molecule has 0 atom stereocenters. The number of alkyl halides is 3. The van der Waals surface area contributed by atoms with Crippen molar-refractivity contribution in [1.29, 1.82) is 0 Å². The second-order valence-electron chi connectivity index (χ2n) is 5.99. The van der Waals surface area contributed by atoms with E-state index < -0.39 is 12.0 Å². The first-order chi connectivity index (χ1) is 11.9. The lowest BCUT2D eigenvalue weighted by atomic mass is 10.1. The van der Waals surface area contributed by atoms with Crippen LogP contribution >= 0.6 is 0 Å². The largest absolute Gasteiger partial charge is 0.453 e. The van der Waals surface area contributed by atoms with Crippen molar-refractivity contribution >= 4 is 11.6 Å². The average molecular weight is 352 g/mol. The fourth-order valence-corrected chi connectivity index (χ4v) is 3.08. The number of anilines is 1. The van der Waals surface area contributed by atoms with Crippen molar-refractivity contribution in [1.82, 2.24) is 34.3 Å². The standard InChI is InChI=1S/C14H15F3N8/c1-9-6-11(25-13(20-9)21-12(22-25)14(15,16)17)23-4-2-10(3-5-23)24-8-18-7-19-24/h6-8,10H,2-5H2,1H3. The molecule has 3 aromatic heterocycles. The number of nitrogens with zero attached hydrogens (tertiary/aromatic N) is 8. The predicted molar refractivity (Wildman–Crippen MR) is 81.0 cm³/mol. The fraction of sp³-hybridized carbons (Fsp3) is 0.500. The van der Waals surface area contributed by atoms with Crippen molar-refractivity contribution < 1.29 is 13.2 Å². The maximum atomic E-state index is 12.9. The van der Waals surface area contributed by atoms with E-state index >= 15 is 0 Å².